The highest BCUT2D eigenvalue weighted by Gasteiger charge is 2.42. The summed E-state index contributed by atoms with van der Waals surface area (Å²) in [6.07, 6.45) is 3.57. The maximum Gasteiger partial charge on any atom is 0.281 e. The van der Waals surface area contributed by atoms with Crippen molar-refractivity contribution in [1.29, 1.82) is 0 Å². The Labute approximate surface area is 248 Å². The van der Waals surface area contributed by atoms with Gasteiger partial charge in [-0.15, -0.1) is 0 Å². The predicted octanol–water partition coefficient (Wildman–Crippen LogP) is 3.96. The van der Waals surface area contributed by atoms with Crippen LogP contribution in [0.5, 0.6) is 0 Å². The van der Waals surface area contributed by atoms with Gasteiger partial charge in [0.2, 0.25) is 0 Å². The molecule has 0 aliphatic carbocycles. The quantitative estimate of drug-likeness (QED) is 0.536. The first-order chi connectivity index (χ1) is 19.7. The van der Waals surface area contributed by atoms with E-state index in [4.69, 9.17) is 9.72 Å². The van der Waals surface area contributed by atoms with E-state index in [2.05, 4.69) is 54.5 Å². The fourth-order valence-corrected chi connectivity index (χ4v) is 6.90. The molecule has 2 N–H and O–H groups in total. The molecular formula is C30H42N6O5S. The Kier molecular flexibility index (Phi) is 8.23. The molecule has 3 aliphatic heterocycles. The summed E-state index contributed by atoms with van der Waals surface area (Å²) in [5.41, 5.74) is -0.103. The van der Waals surface area contributed by atoms with E-state index in [0.717, 1.165) is 25.7 Å². The number of sulfonamides is 1. The highest BCUT2D eigenvalue weighted by Crippen LogP contribution is 2.40. The lowest BCUT2D eigenvalue weighted by Gasteiger charge is -2.34. The highest BCUT2D eigenvalue weighted by atomic mass is 32.2. The van der Waals surface area contributed by atoms with Gasteiger partial charge >= 0.3 is 0 Å². The van der Waals surface area contributed by atoms with Gasteiger partial charge < -0.3 is 15.0 Å². The van der Waals surface area contributed by atoms with Crippen molar-refractivity contribution < 1.29 is 22.7 Å². The number of rotatable bonds is 4. The van der Waals surface area contributed by atoms with Crippen molar-refractivity contribution in [2.45, 2.75) is 83.4 Å². The van der Waals surface area contributed by atoms with Crippen LogP contribution in [0, 0.1) is 11.3 Å². The minimum absolute atomic E-state index is 0.106. The minimum atomic E-state index is -4.25. The Bertz CT molecular complexity index is 1450. The van der Waals surface area contributed by atoms with Crippen LogP contribution in [0.1, 0.15) is 77.1 Å². The van der Waals surface area contributed by atoms with Gasteiger partial charge in [-0.3, -0.25) is 14.5 Å². The van der Waals surface area contributed by atoms with Crippen LogP contribution in [0.25, 0.3) is 0 Å². The number of aromatic nitrogens is 2. The van der Waals surface area contributed by atoms with E-state index >= 15 is 0 Å². The lowest BCUT2D eigenvalue weighted by Crippen LogP contribution is -2.41. The molecule has 228 valence electrons. The van der Waals surface area contributed by atoms with Gasteiger partial charge in [0, 0.05) is 38.2 Å². The van der Waals surface area contributed by atoms with Crippen LogP contribution in [0.15, 0.2) is 35.4 Å². The fraction of sp³-hybridized carbons (Fsp3) is 0.600. The first kappa shape index (κ1) is 30.2. The van der Waals surface area contributed by atoms with Gasteiger partial charge in [0.05, 0.1) is 5.56 Å². The molecule has 1 unspecified atom stereocenters. The van der Waals surface area contributed by atoms with Crippen molar-refractivity contribution in [1.82, 2.24) is 14.7 Å². The Morgan fingerprint density at radius 3 is 2.64 bits per heavy atom. The molecule has 11 nitrogen and oxygen atoms in total. The van der Waals surface area contributed by atoms with Crippen LogP contribution >= 0.6 is 0 Å². The Balaban J connectivity index is 1.48. The second-order valence-electron chi connectivity index (χ2n) is 13.3. The topological polar surface area (TPSA) is 134 Å². The van der Waals surface area contributed by atoms with Gasteiger partial charge in [0.15, 0.2) is 5.03 Å². The van der Waals surface area contributed by atoms with Crippen LogP contribution in [0.3, 0.4) is 0 Å². The molecule has 4 bridgehead atoms. The van der Waals surface area contributed by atoms with Crippen LogP contribution in [-0.2, 0) is 19.6 Å². The lowest BCUT2D eigenvalue weighted by molar-refractivity contribution is -0.127. The normalized spacial score (nSPS) is 23.9. The predicted molar refractivity (Wildman–Crippen MR) is 161 cm³/mol. The molecule has 5 rings (SSSR count). The van der Waals surface area contributed by atoms with Crippen molar-refractivity contribution in [2.24, 2.45) is 11.3 Å². The van der Waals surface area contributed by atoms with E-state index in [1.807, 2.05) is 0 Å². The number of carbonyl (C=O) groups excluding carboxylic acids is 2. The lowest BCUT2D eigenvalue weighted by atomic mass is 9.93. The summed E-state index contributed by atoms with van der Waals surface area (Å²) in [6.45, 7) is 12.9. The van der Waals surface area contributed by atoms with E-state index in [9.17, 15) is 18.0 Å². The van der Waals surface area contributed by atoms with Crippen molar-refractivity contribution in [3.63, 3.8) is 0 Å². The van der Waals surface area contributed by atoms with Gasteiger partial charge in [-0.1, -0.05) is 26.8 Å². The molecule has 0 radical (unpaired) electrons. The molecule has 42 heavy (non-hydrogen) atoms. The van der Waals surface area contributed by atoms with E-state index < -0.39 is 22.0 Å². The highest BCUT2D eigenvalue weighted by molar-refractivity contribution is 7.90. The van der Waals surface area contributed by atoms with E-state index in [1.54, 1.807) is 29.2 Å². The average molecular weight is 599 g/mol. The van der Waals surface area contributed by atoms with Crippen molar-refractivity contribution in [3.8, 4) is 0 Å². The van der Waals surface area contributed by atoms with Gasteiger partial charge in [-0.25, -0.2) is 14.7 Å². The maximum absolute atomic E-state index is 13.6. The summed E-state index contributed by atoms with van der Waals surface area (Å²) in [6, 6.07) is 7.83. The number of fused-ring (bicyclic) bond motifs is 6. The summed E-state index contributed by atoms with van der Waals surface area (Å²) >= 11 is 0. The zero-order chi connectivity index (χ0) is 30.3. The minimum Gasteiger partial charge on any atom is -0.370 e. The molecule has 2 aromatic heterocycles. The molecule has 2 atom stereocenters. The molecule has 2 aromatic rings. The van der Waals surface area contributed by atoms with Crippen LogP contribution in [-0.4, -0.2) is 68.1 Å². The molecule has 0 spiro atoms. The van der Waals surface area contributed by atoms with Crippen LogP contribution in [0.4, 0.5) is 17.5 Å². The monoisotopic (exact) mass is 598 g/mol. The van der Waals surface area contributed by atoms with Crippen molar-refractivity contribution in [2.75, 3.05) is 41.4 Å². The first-order valence-electron chi connectivity index (χ1n) is 14.7. The third-order valence-electron chi connectivity index (χ3n) is 8.25. The third kappa shape index (κ3) is 6.54. The summed E-state index contributed by atoms with van der Waals surface area (Å²) in [5.74, 6) is 0.632. The molecule has 2 saturated heterocycles. The smallest absolute Gasteiger partial charge is 0.281 e. The number of anilines is 3. The molecule has 2 fully saturated rings. The summed E-state index contributed by atoms with van der Waals surface area (Å²) in [7, 11) is -4.25. The Hall–Kier alpha value is -3.25. The first-order valence-corrected chi connectivity index (χ1v) is 16.2. The zero-order valence-corrected chi connectivity index (χ0v) is 26.0. The second kappa shape index (κ2) is 11.4. The molecule has 5 heterocycles. The van der Waals surface area contributed by atoms with Gasteiger partial charge in [-0.05, 0) is 75.1 Å². The molecule has 12 heteroatoms. The summed E-state index contributed by atoms with van der Waals surface area (Å²) in [5, 5.41) is 2.96. The van der Waals surface area contributed by atoms with E-state index in [1.165, 1.54) is 6.07 Å². The van der Waals surface area contributed by atoms with Gasteiger partial charge in [0.1, 0.15) is 23.6 Å². The van der Waals surface area contributed by atoms with Crippen molar-refractivity contribution >= 4 is 39.3 Å². The molecule has 2 amide bonds. The number of nitrogens with one attached hydrogen (secondary N) is 2. The van der Waals surface area contributed by atoms with Crippen LogP contribution in [0.2, 0.25) is 0 Å². The largest absolute Gasteiger partial charge is 0.370 e. The number of amides is 2. The van der Waals surface area contributed by atoms with Gasteiger partial charge in [-0.2, -0.15) is 8.42 Å². The van der Waals surface area contributed by atoms with Crippen molar-refractivity contribution in [3.05, 3.63) is 35.9 Å². The molecule has 0 aromatic carbocycles. The summed E-state index contributed by atoms with van der Waals surface area (Å²) in [4.78, 5) is 39.7. The van der Waals surface area contributed by atoms with Gasteiger partial charge in [0.25, 0.3) is 21.8 Å². The Morgan fingerprint density at radius 2 is 1.88 bits per heavy atom. The number of pyridine rings is 2. The number of nitrogens with zero attached hydrogens (tertiary/aromatic N) is 4. The Morgan fingerprint density at radius 1 is 1.10 bits per heavy atom. The number of hydrogen-bond acceptors (Lipinski definition) is 9. The SMILES string of the molecule is CC(C)(C)CCOC1CCN(c2ccc3c(n2)N2C[C@@H](CCCNc4cccc(n4)S(=O)(=O)NC3=O)CC2(C)C)C1=O. The zero-order valence-electron chi connectivity index (χ0n) is 25.1. The number of carbonyl (C=O) groups is 2. The average Bonchev–Trinajstić information content (AvgIpc) is 3.42. The standard InChI is InChI=1S/C30H42N6O5S/c1-29(2,3)14-17-41-22-13-16-35(28(22)38)24-12-11-21-26(33-24)36-19-20(18-30(36,4)5)8-7-15-31-23-9-6-10-25(32-23)42(39,40)34-27(21)37/h6,9-12,20,22H,7-8,13-19H2,1-5H3,(H,31,32)(H,34,37)/t20-,22?/m0/s1. The number of hydrogen-bond donors (Lipinski definition) is 2. The number of ether oxygens (including phenoxy) is 1. The van der Waals surface area contributed by atoms with Crippen LogP contribution < -0.4 is 19.8 Å². The molecule has 3 aliphatic rings. The van der Waals surface area contributed by atoms with E-state index in [-0.39, 0.29) is 27.5 Å². The fourth-order valence-electron chi connectivity index (χ4n) is 5.97. The molecule has 0 saturated carbocycles. The summed E-state index contributed by atoms with van der Waals surface area (Å²) < 4.78 is 34.5. The third-order valence-corrected chi connectivity index (χ3v) is 9.48. The molecular weight excluding hydrogens is 556 g/mol. The maximum atomic E-state index is 13.6. The second-order valence-corrected chi connectivity index (χ2v) is 15.0. The van der Waals surface area contributed by atoms with E-state index in [0.29, 0.717) is 56.0 Å².